The van der Waals surface area contributed by atoms with Crippen molar-refractivity contribution in [1.82, 2.24) is 0 Å². The van der Waals surface area contributed by atoms with Crippen molar-refractivity contribution in [3.63, 3.8) is 0 Å². The minimum Gasteiger partial charge on any atom is -0.490 e. The summed E-state index contributed by atoms with van der Waals surface area (Å²) in [6, 6.07) is 2.32. The lowest BCUT2D eigenvalue weighted by molar-refractivity contribution is -0.396. The molecule has 0 N–H and O–H groups in total. The molecule has 0 saturated heterocycles. The van der Waals surface area contributed by atoms with Gasteiger partial charge in [-0.05, 0) is 30.9 Å². The van der Waals surface area contributed by atoms with E-state index in [0.29, 0.717) is 6.42 Å². The molecule has 0 radical (unpaired) electrons. The van der Waals surface area contributed by atoms with Crippen molar-refractivity contribution >= 4 is 0 Å². The number of halogens is 11. The normalized spacial score (nSPS) is 17.7. The van der Waals surface area contributed by atoms with Gasteiger partial charge in [-0.25, -0.2) is 4.39 Å². The van der Waals surface area contributed by atoms with Crippen LogP contribution < -0.4 is 4.74 Å². The smallest absolute Gasteiger partial charge is 0.460 e. The number of unbranched alkanes of at least 4 members (excludes halogenated alkanes) is 1. The van der Waals surface area contributed by atoms with E-state index in [1.807, 2.05) is 0 Å². The Balaban J connectivity index is 1.93. The third-order valence-electron chi connectivity index (χ3n) is 4.81. The van der Waals surface area contributed by atoms with E-state index < -0.39 is 73.1 Å². The molecule has 1 aliphatic rings. The average Bonchev–Trinajstić information content (AvgIpc) is 2.70. The molecular formula is C20H17F11O. The third kappa shape index (κ3) is 5.03. The third-order valence-corrected chi connectivity index (χ3v) is 4.81. The number of benzene rings is 1. The zero-order valence-corrected chi connectivity index (χ0v) is 16.1. The summed E-state index contributed by atoms with van der Waals surface area (Å²) >= 11 is 0. The van der Waals surface area contributed by atoms with E-state index in [2.05, 4.69) is 0 Å². The molecule has 1 aliphatic carbocycles. The van der Waals surface area contributed by atoms with Crippen molar-refractivity contribution in [2.24, 2.45) is 0 Å². The zero-order chi connectivity index (χ0) is 24.4. The Morgan fingerprint density at radius 3 is 2.03 bits per heavy atom. The standard InChI is InChI=1S/C20H17F11O/c21-15-13(12-6-2-1-3-7-12)8-9-14(16(15)22)32-11-5-4-10-17(23,24)18(25,26)19(27,28)20(29,30)31/h1-3,6,8-9,12H,4-5,7,10-11H2. The first-order chi connectivity index (χ1) is 14.6. The minimum atomic E-state index is -6.94. The molecule has 0 aliphatic heterocycles. The largest absolute Gasteiger partial charge is 0.490 e. The number of rotatable bonds is 9. The van der Waals surface area contributed by atoms with Crippen molar-refractivity contribution in [2.75, 3.05) is 6.61 Å². The van der Waals surface area contributed by atoms with Crippen LogP contribution in [0.2, 0.25) is 0 Å². The van der Waals surface area contributed by atoms with Crippen LogP contribution >= 0.6 is 0 Å². The summed E-state index contributed by atoms with van der Waals surface area (Å²) in [5, 5.41) is 0. The first-order valence-corrected chi connectivity index (χ1v) is 9.27. The average molecular weight is 482 g/mol. The maximum absolute atomic E-state index is 14.3. The summed E-state index contributed by atoms with van der Waals surface area (Å²) in [6.07, 6.45) is -3.15. The first kappa shape index (κ1) is 26.0. The Labute approximate surface area is 175 Å². The predicted molar refractivity (Wildman–Crippen MR) is 92.2 cm³/mol. The Bertz CT molecular complexity index is 856. The molecule has 1 aromatic rings. The van der Waals surface area contributed by atoms with Crippen LogP contribution in [0.3, 0.4) is 0 Å². The van der Waals surface area contributed by atoms with Crippen LogP contribution in [0, 0.1) is 11.6 Å². The molecule has 0 aromatic heterocycles. The molecule has 1 atom stereocenters. The molecule has 0 heterocycles. The van der Waals surface area contributed by atoms with Crippen LogP contribution in [0.25, 0.3) is 0 Å². The number of alkyl halides is 9. The molecule has 1 nitrogen and oxygen atoms in total. The fourth-order valence-corrected chi connectivity index (χ4v) is 2.95. The molecule has 2 rings (SSSR count). The molecular weight excluding hydrogens is 465 g/mol. The van der Waals surface area contributed by atoms with Gasteiger partial charge in [0.1, 0.15) is 0 Å². The predicted octanol–water partition coefficient (Wildman–Crippen LogP) is 7.58. The fourth-order valence-electron chi connectivity index (χ4n) is 2.95. The maximum Gasteiger partial charge on any atom is 0.460 e. The van der Waals surface area contributed by atoms with Gasteiger partial charge < -0.3 is 4.74 Å². The van der Waals surface area contributed by atoms with E-state index in [4.69, 9.17) is 4.74 Å². The van der Waals surface area contributed by atoms with Crippen molar-refractivity contribution < 1.29 is 53.0 Å². The molecule has 1 aromatic carbocycles. The summed E-state index contributed by atoms with van der Waals surface area (Å²) in [4.78, 5) is 0. The van der Waals surface area contributed by atoms with Crippen LogP contribution in [0.15, 0.2) is 36.4 Å². The lowest BCUT2D eigenvalue weighted by atomic mass is 9.92. The van der Waals surface area contributed by atoms with Crippen LogP contribution in [-0.2, 0) is 0 Å². The summed E-state index contributed by atoms with van der Waals surface area (Å²) in [6.45, 7) is -0.598. The molecule has 180 valence electrons. The number of hydrogen-bond acceptors (Lipinski definition) is 1. The Morgan fingerprint density at radius 1 is 0.812 bits per heavy atom. The lowest BCUT2D eigenvalue weighted by Gasteiger charge is -2.33. The highest BCUT2D eigenvalue weighted by atomic mass is 19.4. The van der Waals surface area contributed by atoms with Crippen molar-refractivity contribution in [3.05, 3.63) is 53.6 Å². The highest BCUT2D eigenvalue weighted by Crippen LogP contribution is 2.54. The van der Waals surface area contributed by atoms with Crippen molar-refractivity contribution in [3.8, 4) is 5.75 Å². The molecule has 0 saturated carbocycles. The van der Waals surface area contributed by atoms with E-state index in [-0.39, 0.29) is 5.56 Å². The second-order valence-corrected chi connectivity index (χ2v) is 7.09. The fraction of sp³-hybridized carbons (Fsp3) is 0.500. The number of ether oxygens (including phenoxy) is 1. The monoisotopic (exact) mass is 482 g/mol. The molecule has 1 unspecified atom stereocenters. The summed E-state index contributed by atoms with van der Waals surface area (Å²) in [5.74, 6) is -22.9. The Hall–Kier alpha value is -2.27. The van der Waals surface area contributed by atoms with Crippen molar-refractivity contribution in [1.29, 1.82) is 0 Å². The highest BCUT2D eigenvalue weighted by Gasteiger charge is 2.81. The first-order valence-electron chi connectivity index (χ1n) is 9.27. The molecule has 12 heteroatoms. The quantitative estimate of drug-likeness (QED) is 0.261. The van der Waals surface area contributed by atoms with Crippen LogP contribution in [0.1, 0.15) is 37.2 Å². The Kier molecular flexibility index (Phi) is 7.55. The lowest BCUT2D eigenvalue weighted by Crippen LogP contribution is -2.60. The van der Waals surface area contributed by atoms with E-state index in [1.54, 1.807) is 24.3 Å². The molecule has 0 bridgehead atoms. The summed E-state index contributed by atoms with van der Waals surface area (Å²) in [5.41, 5.74) is 0.0444. The van der Waals surface area contributed by atoms with E-state index >= 15 is 0 Å². The van der Waals surface area contributed by atoms with Gasteiger partial charge in [0.05, 0.1) is 6.61 Å². The number of hydrogen-bond donors (Lipinski definition) is 0. The topological polar surface area (TPSA) is 9.23 Å². The van der Waals surface area contributed by atoms with Gasteiger partial charge in [-0.2, -0.15) is 43.9 Å². The van der Waals surface area contributed by atoms with Gasteiger partial charge in [0.15, 0.2) is 11.6 Å². The van der Waals surface area contributed by atoms with Crippen LogP contribution in [0.5, 0.6) is 5.75 Å². The summed E-state index contributed by atoms with van der Waals surface area (Å²) < 4.78 is 148. The van der Waals surface area contributed by atoms with Crippen LogP contribution in [0.4, 0.5) is 48.3 Å². The zero-order valence-electron chi connectivity index (χ0n) is 16.1. The SMILES string of the molecule is Fc1c(OCCCCC(F)(F)C(F)(F)C(F)(F)C(F)(F)F)ccc(C2C=CC=CC2)c1F. The van der Waals surface area contributed by atoms with Gasteiger partial charge in [-0.3, -0.25) is 0 Å². The highest BCUT2D eigenvalue weighted by molar-refractivity contribution is 5.36. The summed E-state index contributed by atoms with van der Waals surface area (Å²) in [7, 11) is 0. The van der Waals surface area contributed by atoms with E-state index in [0.717, 1.165) is 6.07 Å². The molecule has 0 amide bonds. The number of allylic oxidation sites excluding steroid dienone is 4. The second kappa shape index (κ2) is 9.30. The maximum atomic E-state index is 14.3. The van der Waals surface area contributed by atoms with E-state index in [1.165, 1.54) is 6.07 Å². The molecule has 0 fully saturated rings. The minimum absolute atomic E-state index is 0.0444. The van der Waals surface area contributed by atoms with Crippen molar-refractivity contribution in [2.45, 2.75) is 55.5 Å². The van der Waals surface area contributed by atoms with Gasteiger partial charge >= 0.3 is 23.9 Å². The van der Waals surface area contributed by atoms with Gasteiger partial charge in [0, 0.05) is 12.3 Å². The van der Waals surface area contributed by atoms with Gasteiger partial charge in [-0.1, -0.05) is 30.4 Å². The van der Waals surface area contributed by atoms with E-state index in [9.17, 15) is 48.3 Å². The van der Waals surface area contributed by atoms with Crippen LogP contribution in [-0.4, -0.2) is 30.6 Å². The molecule has 32 heavy (non-hydrogen) atoms. The Morgan fingerprint density at radius 2 is 1.47 bits per heavy atom. The van der Waals surface area contributed by atoms with Gasteiger partial charge in [0.2, 0.25) is 5.82 Å². The van der Waals surface area contributed by atoms with Gasteiger partial charge in [0.25, 0.3) is 0 Å². The molecule has 0 spiro atoms. The van der Waals surface area contributed by atoms with Gasteiger partial charge in [-0.15, -0.1) is 0 Å². The second-order valence-electron chi connectivity index (χ2n) is 7.09.